The van der Waals surface area contributed by atoms with E-state index < -0.39 is 22.7 Å². The molecule has 0 saturated heterocycles. The number of nitrogens with zero attached hydrogens (tertiary/aromatic N) is 1. The summed E-state index contributed by atoms with van der Waals surface area (Å²) in [6, 6.07) is 0.00263. The Kier molecular flexibility index (Phi) is 3.46. The third-order valence-corrected chi connectivity index (χ3v) is 3.60. The Morgan fingerprint density at radius 2 is 2.14 bits per heavy atom. The van der Waals surface area contributed by atoms with Crippen molar-refractivity contribution in [1.82, 2.24) is 9.03 Å². The fraction of sp³-hybridized carbons (Fsp3) is 0.857. The molecule has 0 amide bonds. The van der Waals surface area contributed by atoms with Crippen LogP contribution in [0.25, 0.3) is 0 Å². The number of rotatable bonds is 6. The predicted molar refractivity (Wildman–Crippen MR) is 50.0 cm³/mol. The SMILES string of the molecule is CCN(CC(=O)O)S(=O)(=O)NC1CC1. The number of hydrogen-bond donors (Lipinski definition) is 2. The lowest BCUT2D eigenvalue weighted by Crippen LogP contribution is -2.44. The minimum absolute atomic E-state index is 0.00263. The van der Waals surface area contributed by atoms with E-state index in [9.17, 15) is 13.2 Å². The van der Waals surface area contributed by atoms with E-state index in [2.05, 4.69) is 4.72 Å². The minimum atomic E-state index is -3.60. The molecule has 14 heavy (non-hydrogen) atoms. The van der Waals surface area contributed by atoms with Crippen LogP contribution in [0.3, 0.4) is 0 Å². The maximum absolute atomic E-state index is 11.5. The van der Waals surface area contributed by atoms with E-state index in [-0.39, 0.29) is 12.6 Å². The van der Waals surface area contributed by atoms with Crippen molar-refractivity contribution in [1.29, 1.82) is 0 Å². The maximum atomic E-state index is 11.5. The average molecular weight is 222 g/mol. The number of carbonyl (C=O) groups is 1. The molecule has 0 radical (unpaired) electrons. The second-order valence-electron chi connectivity index (χ2n) is 3.22. The molecule has 1 fully saturated rings. The van der Waals surface area contributed by atoms with E-state index in [1.807, 2.05) is 0 Å². The summed E-state index contributed by atoms with van der Waals surface area (Å²) in [6.07, 6.45) is 1.67. The highest BCUT2D eigenvalue weighted by Crippen LogP contribution is 2.20. The van der Waals surface area contributed by atoms with Gasteiger partial charge in [0, 0.05) is 12.6 Å². The molecule has 0 aromatic carbocycles. The first-order valence-electron chi connectivity index (χ1n) is 4.45. The third kappa shape index (κ3) is 3.24. The molecule has 1 rings (SSSR count). The van der Waals surface area contributed by atoms with Crippen LogP contribution >= 0.6 is 0 Å². The van der Waals surface area contributed by atoms with Crippen LogP contribution in [-0.2, 0) is 15.0 Å². The van der Waals surface area contributed by atoms with Crippen LogP contribution in [0.15, 0.2) is 0 Å². The zero-order chi connectivity index (χ0) is 10.8. The van der Waals surface area contributed by atoms with Crippen LogP contribution in [-0.4, -0.2) is 42.9 Å². The third-order valence-electron chi connectivity index (χ3n) is 1.90. The number of likely N-dealkylation sites (N-methyl/N-ethyl adjacent to an activating group) is 1. The summed E-state index contributed by atoms with van der Waals surface area (Å²) < 4.78 is 26.3. The van der Waals surface area contributed by atoms with Crippen molar-refractivity contribution in [2.45, 2.75) is 25.8 Å². The van der Waals surface area contributed by atoms with Gasteiger partial charge in [-0.3, -0.25) is 4.79 Å². The minimum Gasteiger partial charge on any atom is -0.480 e. The van der Waals surface area contributed by atoms with E-state index >= 15 is 0 Å². The Morgan fingerprint density at radius 3 is 2.50 bits per heavy atom. The Morgan fingerprint density at radius 1 is 1.57 bits per heavy atom. The summed E-state index contributed by atoms with van der Waals surface area (Å²) in [4.78, 5) is 10.4. The molecule has 0 aromatic rings. The van der Waals surface area contributed by atoms with Gasteiger partial charge in [-0.2, -0.15) is 17.4 Å². The lowest BCUT2D eigenvalue weighted by atomic mass is 10.6. The molecule has 1 aliphatic rings. The number of aliphatic carboxylic acids is 1. The lowest BCUT2D eigenvalue weighted by Gasteiger charge is -2.18. The van der Waals surface area contributed by atoms with Gasteiger partial charge in [-0.15, -0.1) is 0 Å². The molecule has 6 nitrogen and oxygen atoms in total. The van der Waals surface area contributed by atoms with Gasteiger partial charge >= 0.3 is 5.97 Å². The summed E-state index contributed by atoms with van der Waals surface area (Å²) in [5, 5.41) is 8.49. The molecule has 0 bridgehead atoms. The molecule has 82 valence electrons. The lowest BCUT2D eigenvalue weighted by molar-refractivity contribution is -0.137. The molecule has 0 unspecified atom stereocenters. The molecule has 0 aliphatic heterocycles. The normalized spacial score (nSPS) is 17.3. The van der Waals surface area contributed by atoms with E-state index in [1.54, 1.807) is 6.92 Å². The zero-order valence-corrected chi connectivity index (χ0v) is 8.75. The zero-order valence-electron chi connectivity index (χ0n) is 7.93. The Bertz CT molecular complexity index is 310. The number of carboxylic acids is 1. The van der Waals surface area contributed by atoms with Gasteiger partial charge < -0.3 is 5.11 Å². The van der Waals surface area contributed by atoms with Gasteiger partial charge in [-0.1, -0.05) is 6.92 Å². The molecular formula is C7H14N2O4S. The van der Waals surface area contributed by atoms with Crippen molar-refractivity contribution in [3.05, 3.63) is 0 Å². The maximum Gasteiger partial charge on any atom is 0.318 e. The second kappa shape index (κ2) is 4.24. The average Bonchev–Trinajstić information content (AvgIpc) is 2.82. The number of hydrogen-bond acceptors (Lipinski definition) is 3. The molecule has 1 aliphatic carbocycles. The van der Waals surface area contributed by atoms with Crippen LogP contribution in [0.1, 0.15) is 19.8 Å². The molecule has 7 heteroatoms. The van der Waals surface area contributed by atoms with E-state index in [0.717, 1.165) is 17.1 Å². The van der Waals surface area contributed by atoms with Crippen molar-refractivity contribution < 1.29 is 18.3 Å². The first-order chi connectivity index (χ1) is 6.45. The van der Waals surface area contributed by atoms with Crippen LogP contribution in [0.5, 0.6) is 0 Å². The van der Waals surface area contributed by atoms with Crippen molar-refractivity contribution in [2.75, 3.05) is 13.1 Å². The van der Waals surface area contributed by atoms with Crippen molar-refractivity contribution in [3.63, 3.8) is 0 Å². The summed E-state index contributed by atoms with van der Waals surface area (Å²) in [5.74, 6) is -1.15. The van der Waals surface area contributed by atoms with Gasteiger partial charge in [-0.25, -0.2) is 0 Å². The Balaban J connectivity index is 2.60. The van der Waals surface area contributed by atoms with Crippen molar-refractivity contribution in [2.24, 2.45) is 0 Å². The smallest absolute Gasteiger partial charge is 0.318 e. The summed E-state index contributed by atoms with van der Waals surface area (Å²) in [7, 11) is -3.60. The quantitative estimate of drug-likeness (QED) is 0.627. The standard InChI is InChI=1S/C7H14N2O4S/c1-2-9(5-7(10)11)14(12,13)8-6-3-4-6/h6,8H,2-5H2,1H3,(H,10,11). The monoisotopic (exact) mass is 222 g/mol. The first kappa shape index (κ1) is 11.4. The largest absolute Gasteiger partial charge is 0.480 e. The predicted octanol–water partition coefficient (Wildman–Crippen LogP) is -0.610. The summed E-state index contributed by atoms with van der Waals surface area (Å²) in [6.45, 7) is 1.28. The number of nitrogens with one attached hydrogen (secondary N) is 1. The van der Waals surface area contributed by atoms with Gasteiger partial charge in [0.2, 0.25) is 0 Å². The Labute approximate surface area is 83.1 Å². The topological polar surface area (TPSA) is 86.7 Å². The van der Waals surface area contributed by atoms with Gasteiger partial charge in [-0.05, 0) is 12.8 Å². The molecule has 0 atom stereocenters. The molecule has 0 spiro atoms. The first-order valence-corrected chi connectivity index (χ1v) is 5.89. The summed E-state index contributed by atoms with van der Waals surface area (Å²) in [5.41, 5.74) is 0. The fourth-order valence-electron chi connectivity index (χ4n) is 1.00. The van der Waals surface area contributed by atoms with Crippen molar-refractivity contribution in [3.8, 4) is 0 Å². The van der Waals surface area contributed by atoms with Crippen LogP contribution in [0.2, 0.25) is 0 Å². The van der Waals surface area contributed by atoms with Crippen LogP contribution in [0, 0.1) is 0 Å². The molecular weight excluding hydrogens is 208 g/mol. The highest BCUT2D eigenvalue weighted by atomic mass is 32.2. The second-order valence-corrected chi connectivity index (χ2v) is 4.92. The van der Waals surface area contributed by atoms with E-state index in [1.165, 1.54) is 0 Å². The highest BCUT2D eigenvalue weighted by Gasteiger charge is 2.31. The van der Waals surface area contributed by atoms with Gasteiger partial charge in [0.25, 0.3) is 10.2 Å². The van der Waals surface area contributed by atoms with E-state index in [4.69, 9.17) is 5.11 Å². The van der Waals surface area contributed by atoms with Crippen LogP contribution < -0.4 is 4.72 Å². The van der Waals surface area contributed by atoms with E-state index in [0.29, 0.717) is 0 Å². The van der Waals surface area contributed by atoms with Gasteiger partial charge in [0.1, 0.15) is 6.54 Å². The van der Waals surface area contributed by atoms with Gasteiger partial charge in [0.05, 0.1) is 0 Å². The highest BCUT2D eigenvalue weighted by molar-refractivity contribution is 7.87. The fourth-order valence-corrected chi connectivity index (χ4v) is 2.43. The molecule has 2 N–H and O–H groups in total. The number of carboxylic acid groups (broad SMARTS) is 1. The Hall–Kier alpha value is -0.660. The van der Waals surface area contributed by atoms with Crippen LogP contribution in [0.4, 0.5) is 0 Å². The summed E-state index contributed by atoms with van der Waals surface area (Å²) >= 11 is 0. The molecule has 1 saturated carbocycles. The molecule has 0 heterocycles. The van der Waals surface area contributed by atoms with Crippen molar-refractivity contribution >= 4 is 16.2 Å². The molecule has 0 aromatic heterocycles. The van der Waals surface area contributed by atoms with Gasteiger partial charge in [0.15, 0.2) is 0 Å².